The molecule has 3 atom stereocenters. The van der Waals surface area contributed by atoms with Gasteiger partial charge in [0.1, 0.15) is 11.7 Å². The number of rotatable bonds is 5. The first-order valence-electron chi connectivity index (χ1n) is 10.1. The number of carbonyl (C=O) groups excluding carboxylic acids is 3. The van der Waals surface area contributed by atoms with Crippen molar-refractivity contribution < 1.29 is 19.1 Å². The topological polar surface area (TPSA) is 60.4 Å². The predicted octanol–water partition coefficient (Wildman–Crippen LogP) is 5.78. The Morgan fingerprint density at radius 3 is 2.29 bits per heavy atom. The number of ether oxygens (including phenoxy) is 1. The molecule has 0 saturated heterocycles. The maximum atomic E-state index is 13.4. The summed E-state index contributed by atoms with van der Waals surface area (Å²) in [5.74, 6) is -3.05. The average Bonchev–Trinajstić information content (AvgIpc) is 2.78. The third kappa shape index (κ3) is 4.10. The second-order valence-electron chi connectivity index (χ2n) is 7.86. The van der Waals surface area contributed by atoms with Crippen molar-refractivity contribution in [2.75, 3.05) is 0 Å². The highest BCUT2D eigenvalue weighted by Crippen LogP contribution is 2.45. The van der Waals surface area contributed by atoms with Crippen LogP contribution in [0, 0.1) is 18.8 Å². The van der Waals surface area contributed by atoms with Gasteiger partial charge in [-0.25, -0.2) is 0 Å². The van der Waals surface area contributed by atoms with Gasteiger partial charge in [-0.05, 0) is 25.1 Å². The summed E-state index contributed by atoms with van der Waals surface area (Å²) in [5, 5.41) is 0. The molecule has 1 aliphatic rings. The quantitative estimate of drug-likeness (QED) is 0.202. The Morgan fingerprint density at radius 2 is 1.61 bits per heavy atom. The lowest BCUT2D eigenvalue weighted by Gasteiger charge is -2.34. The number of halogens is 1. The number of carbonyl (C=O) groups is 3. The van der Waals surface area contributed by atoms with Gasteiger partial charge in [0.2, 0.25) is 0 Å². The largest absolute Gasteiger partial charge is 0.426 e. The van der Waals surface area contributed by atoms with Crippen LogP contribution in [0.1, 0.15) is 44.7 Å². The molecule has 4 rings (SSSR count). The second-order valence-corrected chi connectivity index (χ2v) is 8.77. The second kappa shape index (κ2) is 8.60. The van der Waals surface area contributed by atoms with Crippen LogP contribution in [0.3, 0.4) is 0 Å². The maximum absolute atomic E-state index is 13.4. The van der Waals surface area contributed by atoms with E-state index in [2.05, 4.69) is 15.9 Å². The fourth-order valence-corrected chi connectivity index (χ4v) is 4.50. The van der Waals surface area contributed by atoms with Gasteiger partial charge >= 0.3 is 5.97 Å². The van der Waals surface area contributed by atoms with Gasteiger partial charge in [-0.2, -0.15) is 0 Å². The molecule has 0 unspecified atom stereocenters. The summed E-state index contributed by atoms with van der Waals surface area (Å²) in [4.78, 5) is 39.8. The molecule has 0 aliphatic carbocycles. The third-order valence-electron chi connectivity index (χ3n) is 5.78. The lowest BCUT2D eigenvalue weighted by Crippen LogP contribution is -2.41. The fourth-order valence-electron chi connectivity index (χ4n) is 4.12. The molecule has 0 spiro atoms. The number of esters is 1. The highest BCUT2D eigenvalue weighted by atomic mass is 79.9. The number of hydrogen-bond acceptors (Lipinski definition) is 4. The Balaban J connectivity index is 1.81. The molecule has 5 heteroatoms. The first-order valence-corrected chi connectivity index (χ1v) is 10.9. The van der Waals surface area contributed by atoms with Gasteiger partial charge in [0, 0.05) is 33.0 Å². The third-order valence-corrected chi connectivity index (χ3v) is 6.28. The monoisotopic (exact) mass is 476 g/mol. The number of ketones is 2. The molecule has 0 bridgehead atoms. The van der Waals surface area contributed by atoms with Gasteiger partial charge in [-0.15, -0.1) is 0 Å². The van der Waals surface area contributed by atoms with E-state index in [1.807, 2.05) is 31.2 Å². The van der Waals surface area contributed by atoms with E-state index in [-0.39, 0.29) is 11.6 Å². The molecule has 1 aliphatic heterocycles. The Morgan fingerprint density at radius 1 is 0.935 bits per heavy atom. The molecule has 31 heavy (non-hydrogen) atoms. The highest BCUT2D eigenvalue weighted by molar-refractivity contribution is 9.10. The van der Waals surface area contributed by atoms with E-state index in [0.29, 0.717) is 22.4 Å². The first-order chi connectivity index (χ1) is 14.9. The van der Waals surface area contributed by atoms with E-state index in [1.54, 1.807) is 55.5 Å². The van der Waals surface area contributed by atoms with Gasteiger partial charge in [-0.1, -0.05) is 83.0 Å². The number of aryl methyl sites for hydroxylation is 1. The minimum absolute atomic E-state index is 0.114. The molecule has 1 heterocycles. The summed E-state index contributed by atoms with van der Waals surface area (Å²) >= 11 is 3.46. The van der Waals surface area contributed by atoms with Crippen molar-refractivity contribution >= 4 is 33.5 Å². The predicted molar refractivity (Wildman–Crippen MR) is 121 cm³/mol. The van der Waals surface area contributed by atoms with Crippen LogP contribution in [0.4, 0.5) is 0 Å². The average molecular weight is 477 g/mol. The van der Waals surface area contributed by atoms with Crippen LogP contribution >= 0.6 is 15.9 Å². The van der Waals surface area contributed by atoms with E-state index < -0.39 is 23.7 Å². The van der Waals surface area contributed by atoms with Crippen LogP contribution < -0.4 is 4.74 Å². The molecular formula is C26H21BrO4. The summed E-state index contributed by atoms with van der Waals surface area (Å²) in [5.41, 5.74) is 2.70. The molecule has 0 saturated carbocycles. The Labute approximate surface area is 189 Å². The first kappa shape index (κ1) is 21.2. The minimum atomic E-state index is -1.10. The van der Waals surface area contributed by atoms with Crippen LogP contribution in [-0.2, 0) is 4.79 Å². The van der Waals surface area contributed by atoms with E-state index in [4.69, 9.17) is 4.74 Å². The Hall–Kier alpha value is -3.05. The summed E-state index contributed by atoms with van der Waals surface area (Å²) in [6, 6.07) is 21.3. The molecule has 3 aromatic carbocycles. The SMILES string of the molecule is Cc1ccc(C(=O)[C@H](C)[C@@H]2c3cc(Br)ccc3OC(=O)[C@H]2C(=O)c2ccccc2)cc1. The zero-order chi connectivity index (χ0) is 22.1. The molecule has 0 amide bonds. The highest BCUT2D eigenvalue weighted by Gasteiger charge is 2.47. The van der Waals surface area contributed by atoms with Crippen LogP contribution in [0.15, 0.2) is 77.3 Å². The van der Waals surface area contributed by atoms with Crippen molar-refractivity contribution in [1.29, 1.82) is 0 Å². The van der Waals surface area contributed by atoms with E-state index in [0.717, 1.165) is 10.0 Å². The maximum Gasteiger partial charge on any atom is 0.322 e. The number of benzene rings is 3. The van der Waals surface area contributed by atoms with Gasteiger partial charge < -0.3 is 4.74 Å². The van der Waals surface area contributed by atoms with Crippen molar-refractivity contribution in [3.63, 3.8) is 0 Å². The molecule has 0 N–H and O–H groups in total. The molecule has 0 fully saturated rings. The van der Waals surface area contributed by atoms with Crippen LogP contribution in [-0.4, -0.2) is 17.5 Å². The minimum Gasteiger partial charge on any atom is -0.426 e. The van der Waals surface area contributed by atoms with Crippen molar-refractivity contribution in [2.24, 2.45) is 11.8 Å². The zero-order valence-electron chi connectivity index (χ0n) is 17.2. The summed E-state index contributed by atoms with van der Waals surface area (Å²) in [6.07, 6.45) is 0. The summed E-state index contributed by atoms with van der Waals surface area (Å²) in [6.45, 7) is 3.73. The molecule has 3 aromatic rings. The molecule has 156 valence electrons. The van der Waals surface area contributed by atoms with Gasteiger partial charge in [-0.3, -0.25) is 14.4 Å². The molecule has 0 aromatic heterocycles. The zero-order valence-corrected chi connectivity index (χ0v) is 18.8. The van der Waals surface area contributed by atoms with Gasteiger partial charge in [0.25, 0.3) is 0 Å². The van der Waals surface area contributed by atoms with Crippen LogP contribution in [0.25, 0.3) is 0 Å². The normalized spacial score (nSPS) is 18.6. The lowest BCUT2D eigenvalue weighted by molar-refractivity contribution is -0.139. The molecular weight excluding hydrogens is 456 g/mol. The van der Waals surface area contributed by atoms with Crippen LogP contribution in [0.5, 0.6) is 5.75 Å². The van der Waals surface area contributed by atoms with Crippen molar-refractivity contribution in [2.45, 2.75) is 19.8 Å². The van der Waals surface area contributed by atoms with Crippen molar-refractivity contribution in [3.8, 4) is 5.75 Å². The smallest absolute Gasteiger partial charge is 0.322 e. The van der Waals surface area contributed by atoms with Gasteiger partial charge in [0.15, 0.2) is 11.6 Å². The Bertz CT molecular complexity index is 1150. The van der Waals surface area contributed by atoms with Gasteiger partial charge in [0.05, 0.1) is 0 Å². The van der Waals surface area contributed by atoms with E-state index >= 15 is 0 Å². The number of Topliss-reactive ketones (excluding diaryl/α,β-unsaturated/α-hetero) is 2. The van der Waals surface area contributed by atoms with E-state index in [1.165, 1.54) is 0 Å². The number of hydrogen-bond donors (Lipinski definition) is 0. The fraction of sp³-hybridized carbons (Fsp3) is 0.192. The molecule has 0 radical (unpaired) electrons. The lowest BCUT2D eigenvalue weighted by atomic mass is 9.71. The summed E-state index contributed by atoms with van der Waals surface area (Å²) < 4.78 is 6.32. The van der Waals surface area contributed by atoms with E-state index in [9.17, 15) is 14.4 Å². The number of fused-ring (bicyclic) bond motifs is 1. The standard InChI is InChI=1S/C26H21BrO4/c1-15-8-10-18(11-9-15)24(28)16(2)22-20-14-19(27)12-13-21(20)31-26(30)23(22)25(29)17-6-4-3-5-7-17/h3-14,16,22-23H,1-2H3/t16-,22-,23-/m1/s1. The summed E-state index contributed by atoms with van der Waals surface area (Å²) in [7, 11) is 0. The Kier molecular flexibility index (Phi) is 5.88. The van der Waals surface area contributed by atoms with Crippen molar-refractivity contribution in [1.82, 2.24) is 0 Å². The van der Waals surface area contributed by atoms with Crippen molar-refractivity contribution in [3.05, 3.63) is 99.5 Å². The molecule has 4 nitrogen and oxygen atoms in total. The van der Waals surface area contributed by atoms with Crippen LogP contribution in [0.2, 0.25) is 0 Å².